The molecule has 0 aliphatic carbocycles. The summed E-state index contributed by atoms with van der Waals surface area (Å²) in [7, 11) is 1.24. The number of methoxy groups -OCH3 is 1. The molecule has 0 amide bonds. The monoisotopic (exact) mass is 193 g/mol. The van der Waals surface area contributed by atoms with Crippen LogP contribution in [0.15, 0.2) is 12.3 Å². The molecule has 0 spiro atoms. The van der Waals surface area contributed by atoms with Crippen molar-refractivity contribution in [3.05, 3.63) is 29.3 Å². The second-order valence-electron chi connectivity index (χ2n) is 2.57. The summed E-state index contributed by atoms with van der Waals surface area (Å²) >= 11 is 0. The maximum Gasteiger partial charge on any atom is 0.384 e. The number of halogens is 1. The van der Waals surface area contributed by atoms with Crippen molar-refractivity contribution in [1.29, 1.82) is 0 Å². The highest BCUT2D eigenvalue weighted by atomic mass is 19.1. The highest BCUT2D eigenvalue weighted by Gasteiger charge is 1.98. The van der Waals surface area contributed by atoms with E-state index in [1.54, 1.807) is 6.92 Å². The molecular weight excluding hydrogens is 185 g/mol. The second-order valence-corrected chi connectivity index (χ2v) is 2.57. The van der Waals surface area contributed by atoms with Gasteiger partial charge < -0.3 is 4.74 Å². The summed E-state index contributed by atoms with van der Waals surface area (Å²) in [6.07, 6.45) is 1.26. The molecule has 0 saturated heterocycles. The largest absolute Gasteiger partial charge is 0.459 e. The zero-order valence-electron chi connectivity index (χ0n) is 7.80. The van der Waals surface area contributed by atoms with E-state index >= 15 is 0 Å². The minimum Gasteiger partial charge on any atom is -0.459 e. The molecule has 1 aromatic heterocycles. The number of rotatable bonds is 0. The molecule has 0 atom stereocenters. The molecule has 0 unspecified atom stereocenters. The fraction of sp³-hybridized carbons (Fsp3) is 0.200. The standard InChI is InChI=1S/C10H8FNO2/c1-7-5-8(6-12-10(7)11)3-4-9(13)14-2/h5-6H,1-2H3. The maximum atomic E-state index is 12.7. The first kappa shape index (κ1) is 10.2. The predicted octanol–water partition coefficient (Wildman–Crippen LogP) is 1.05. The van der Waals surface area contributed by atoms with Crippen LogP contribution in [0.1, 0.15) is 11.1 Å². The van der Waals surface area contributed by atoms with E-state index in [4.69, 9.17) is 0 Å². The number of esters is 1. The number of ether oxygens (including phenoxy) is 1. The highest BCUT2D eigenvalue weighted by Crippen LogP contribution is 2.04. The van der Waals surface area contributed by atoms with Gasteiger partial charge in [0.1, 0.15) is 0 Å². The first-order chi connectivity index (χ1) is 6.63. The van der Waals surface area contributed by atoms with Crippen LogP contribution < -0.4 is 0 Å². The van der Waals surface area contributed by atoms with Gasteiger partial charge in [-0.05, 0) is 13.0 Å². The predicted molar refractivity (Wildman–Crippen MR) is 47.8 cm³/mol. The number of hydrogen-bond acceptors (Lipinski definition) is 3. The van der Waals surface area contributed by atoms with Crippen LogP contribution in [0.5, 0.6) is 0 Å². The summed E-state index contributed by atoms with van der Waals surface area (Å²) in [5.74, 6) is 3.57. The Morgan fingerprint density at radius 3 is 2.93 bits per heavy atom. The third-order valence-electron chi connectivity index (χ3n) is 1.51. The normalized spacial score (nSPS) is 8.79. The lowest BCUT2D eigenvalue weighted by molar-refractivity contribution is -0.133. The molecule has 3 nitrogen and oxygen atoms in total. The van der Waals surface area contributed by atoms with E-state index in [-0.39, 0.29) is 0 Å². The summed E-state index contributed by atoms with van der Waals surface area (Å²) in [5, 5.41) is 0. The van der Waals surface area contributed by atoms with E-state index in [1.165, 1.54) is 19.4 Å². The van der Waals surface area contributed by atoms with Crippen LogP contribution in [0.25, 0.3) is 0 Å². The number of aromatic nitrogens is 1. The quantitative estimate of drug-likeness (QED) is 0.351. The van der Waals surface area contributed by atoms with Crippen LogP contribution in [0.3, 0.4) is 0 Å². The summed E-state index contributed by atoms with van der Waals surface area (Å²) < 4.78 is 17.0. The molecule has 0 fully saturated rings. The van der Waals surface area contributed by atoms with E-state index in [0.717, 1.165) is 0 Å². The molecule has 1 rings (SSSR count). The first-order valence-corrected chi connectivity index (χ1v) is 3.85. The molecule has 0 saturated carbocycles. The number of pyridine rings is 1. The molecule has 0 aliphatic heterocycles. The smallest absolute Gasteiger partial charge is 0.384 e. The maximum absolute atomic E-state index is 12.7. The molecule has 0 N–H and O–H groups in total. The summed E-state index contributed by atoms with van der Waals surface area (Å²) in [5.41, 5.74) is 0.871. The van der Waals surface area contributed by atoms with E-state index in [2.05, 4.69) is 21.6 Å². The van der Waals surface area contributed by atoms with Gasteiger partial charge in [0.05, 0.1) is 7.11 Å². The fourth-order valence-corrected chi connectivity index (χ4v) is 0.801. The lowest BCUT2D eigenvalue weighted by Crippen LogP contribution is -1.95. The summed E-state index contributed by atoms with van der Waals surface area (Å²) in [4.78, 5) is 14.1. The molecule has 72 valence electrons. The van der Waals surface area contributed by atoms with Crippen molar-refractivity contribution < 1.29 is 13.9 Å². The van der Waals surface area contributed by atoms with Crippen molar-refractivity contribution in [3.63, 3.8) is 0 Å². The zero-order chi connectivity index (χ0) is 10.6. The Balaban J connectivity index is 2.91. The molecule has 1 heterocycles. The number of hydrogen-bond donors (Lipinski definition) is 0. The molecule has 0 bridgehead atoms. The van der Waals surface area contributed by atoms with Crippen LogP contribution in [0.4, 0.5) is 4.39 Å². The van der Waals surface area contributed by atoms with Gasteiger partial charge in [0.15, 0.2) is 0 Å². The van der Waals surface area contributed by atoms with E-state index in [0.29, 0.717) is 11.1 Å². The molecule has 0 aliphatic rings. The van der Waals surface area contributed by atoms with Gasteiger partial charge >= 0.3 is 5.97 Å². The van der Waals surface area contributed by atoms with Gasteiger partial charge in [-0.2, -0.15) is 4.39 Å². The topological polar surface area (TPSA) is 39.2 Å². The van der Waals surface area contributed by atoms with Crippen molar-refractivity contribution in [2.45, 2.75) is 6.92 Å². The second kappa shape index (κ2) is 4.38. The average molecular weight is 193 g/mol. The Bertz CT molecular complexity index is 418. The third-order valence-corrected chi connectivity index (χ3v) is 1.51. The SMILES string of the molecule is COC(=O)C#Cc1cnc(F)c(C)c1. The van der Waals surface area contributed by atoms with Gasteiger partial charge in [0.2, 0.25) is 5.95 Å². The van der Waals surface area contributed by atoms with E-state index in [1.807, 2.05) is 0 Å². The number of aryl methyl sites for hydroxylation is 1. The minimum absolute atomic E-state index is 0.390. The number of carbonyl (C=O) groups is 1. The van der Waals surface area contributed by atoms with E-state index < -0.39 is 11.9 Å². The number of nitrogens with zero attached hydrogens (tertiary/aromatic N) is 1. The molecule has 4 heteroatoms. The molecule has 0 radical (unpaired) electrons. The van der Waals surface area contributed by atoms with Crippen molar-refractivity contribution in [3.8, 4) is 11.8 Å². The third kappa shape index (κ3) is 2.56. The Hall–Kier alpha value is -1.89. The Morgan fingerprint density at radius 1 is 1.64 bits per heavy atom. The van der Waals surface area contributed by atoms with Gasteiger partial charge in [-0.3, -0.25) is 0 Å². The van der Waals surface area contributed by atoms with Gasteiger partial charge in [-0.1, -0.05) is 5.92 Å². The Labute approximate surface area is 80.9 Å². The van der Waals surface area contributed by atoms with Crippen LogP contribution >= 0.6 is 0 Å². The Kier molecular flexibility index (Phi) is 3.19. The zero-order valence-corrected chi connectivity index (χ0v) is 7.80. The molecule has 0 aromatic carbocycles. The number of carbonyl (C=O) groups excluding carboxylic acids is 1. The van der Waals surface area contributed by atoms with Gasteiger partial charge in [0.25, 0.3) is 0 Å². The van der Waals surface area contributed by atoms with Crippen molar-refractivity contribution in [1.82, 2.24) is 4.98 Å². The van der Waals surface area contributed by atoms with Crippen LogP contribution in [0.2, 0.25) is 0 Å². The van der Waals surface area contributed by atoms with Crippen molar-refractivity contribution >= 4 is 5.97 Å². The summed E-state index contributed by atoms with van der Waals surface area (Å²) in [6, 6.07) is 1.51. The molecular formula is C10H8FNO2. The summed E-state index contributed by atoms with van der Waals surface area (Å²) in [6.45, 7) is 1.58. The minimum atomic E-state index is -0.632. The van der Waals surface area contributed by atoms with Crippen LogP contribution in [-0.4, -0.2) is 18.1 Å². The molecule has 14 heavy (non-hydrogen) atoms. The average Bonchev–Trinajstić information content (AvgIpc) is 2.19. The lowest BCUT2D eigenvalue weighted by atomic mass is 10.2. The lowest BCUT2D eigenvalue weighted by Gasteiger charge is -1.94. The Morgan fingerprint density at radius 2 is 2.36 bits per heavy atom. The van der Waals surface area contributed by atoms with Crippen molar-refractivity contribution in [2.75, 3.05) is 7.11 Å². The van der Waals surface area contributed by atoms with Gasteiger partial charge in [-0.15, -0.1) is 0 Å². The molecule has 1 aromatic rings. The van der Waals surface area contributed by atoms with Crippen LogP contribution in [-0.2, 0) is 9.53 Å². The van der Waals surface area contributed by atoms with Gasteiger partial charge in [0, 0.05) is 23.2 Å². The highest BCUT2D eigenvalue weighted by molar-refractivity contribution is 5.88. The van der Waals surface area contributed by atoms with Gasteiger partial charge in [-0.25, -0.2) is 9.78 Å². The van der Waals surface area contributed by atoms with Crippen molar-refractivity contribution in [2.24, 2.45) is 0 Å². The fourth-order valence-electron chi connectivity index (χ4n) is 0.801. The van der Waals surface area contributed by atoms with Crippen LogP contribution in [0, 0.1) is 24.7 Å². The first-order valence-electron chi connectivity index (χ1n) is 3.85. The van der Waals surface area contributed by atoms with E-state index in [9.17, 15) is 9.18 Å².